The van der Waals surface area contributed by atoms with E-state index in [0.29, 0.717) is 16.6 Å². The molecule has 4 nitrogen and oxygen atoms in total. The van der Waals surface area contributed by atoms with Crippen molar-refractivity contribution in [2.24, 2.45) is 0 Å². The molecule has 0 radical (unpaired) electrons. The molecule has 2 rings (SSSR count). The van der Waals surface area contributed by atoms with E-state index in [1.54, 1.807) is 30.5 Å². The van der Waals surface area contributed by atoms with Crippen molar-refractivity contribution in [2.45, 2.75) is 19.4 Å². The van der Waals surface area contributed by atoms with Gasteiger partial charge in [-0.3, -0.25) is 4.40 Å². The highest BCUT2D eigenvalue weighted by Crippen LogP contribution is 2.18. The summed E-state index contributed by atoms with van der Waals surface area (Å²) in [7, 11) is 0. The van der Waals surface area contributed by atoms with E-state index >= 15 is 0 Å². The minimum Gasteiger partial charge on any atom is -0.384 e. The molecule has 2 aromatic rings. The topological polar surface area (TPSA) is 50.4 Å². The Hall–Kier alpha value is -1.13. The summed E-state index contributed by atoms with van der Waals surface area (Å²) < 4.78 is 1.65. The largest absolute Gasteiger partial charge is 0.384 e. The third-order valence-corrected chi connectivity index (χ3v) is 2.24. The van der Waals surface area contributed by atoms with Crippen LogP contribution in [0.2, 0.25) is 5.15 Å². The molecule has 0 amide bonds. The average Bonchev–Trinajstić information content (AvgIpc) is 2.46. The number of halogens is 1. The number of aliphatic hydroxyl groups is 1. The van der Waals surface area contributed by atoms with Crippen LogP contribution < -0.4 is 0 Å². The molecular weight excluding hydrogens is 202 g/mol. The molecule has 0 atom stereocenters. The summed E-state index contributed by atoms with van der Waals surface area (Å²) in [5, 5.41) is 10.2. The summed E-state index contributed by atoms with van der Waals surface area (Å²) in [4.78, 5) is 8.19. The lowest BCUT2D eigenvalue weighted by atomic mass is 10.1. The fourth-order valence-electron chi connectivity index (χ4n) is 1.18. The van der Waals surface area contributed by atoms with Gasteiger partial charge in [0.25, 0.3) is 0 Å². The first-order valence-electron chi connectivity index (χ1n) is 4.21. The SMILES string of the molecule is CC(C)(O)c1ccn2c(Cl)cnc2n1. The van der Waals surface area contributed by atoms with E-state index in [1.807, 2.05) is 0 Å². The number of fused-ring (bicyclic) bond motifs is 1. The van der Waals surface area contributed by atoms with Gasteiger partial charge in [0.15, 0.2) is 0 Å². The van der Waals surface area contributed by atoms with Crippen LogP contribution in [-0.2, 0) is 5.60 Å². The third-order valence-electron chi connectivity index (χ3n) is 1.96. The summed E-state index contributed by atoms with van der Waals surface area (Å²) in [5.74, 6) is 0.495. The second-order valence-electron chi connectivity index (χ2n) is 3.62. The molecule has 14 heavy (non-hydrogen) atoms. The molecule has 0 aromatic carbocycles. The van der Waals surface area contributed by atoms with Crippen LogP contribution in [0.1, 0.15) is 19.5 Å². The monoisotopic (exact) mass is 211 g/mol. The Kier molecular flexibility index (Phi) is 1.97. The summed E-state index contributed by atoms with van der Waals surface area (Å²) in [5.41, 5.74) is -0.382. The normalized spacial score (nSPS) is 12.3. The van der Waals surface area contributed by atoms with Gasteiger partial charge in [0.2, 0.25) is 5.78 Å². The van der Waals surface area contributed by atoms with Crippen molar-refractivity contribution in [3.05, 3.63) is 29.3 Å². The van der Waals surface area contributed by atoms with Crippen LogP contribution >= 0.6 is 11.6 Å². The molecule has 0 bridgehead atoms. The zero-order chi connectivity index (χ0) is 10.3. The van der Waals surface area contributed by atoms with Gasteiger partial charge in [0.1, 0.15) is 10.8 Å². The second-order valence-corrected chi connectivity index (χ2v) is 4.01. The minimum atomic E-state index is -0.958. The van der Waals surface area contributed by atoms with Gasteiger partial charge < -0.3 is 5.11 Å². The first kappa shape index (κ1) is 9.43. The number of nitrogens with zero attached hydrogens (tertiary/aromatic N) is 3. The summed E-state index contributed by atoms with van der Waals surface area (Å²) >= 11 is 5.84. The van der Waals surface area contributed by atoms with Crippen molar-refractivity contribution in [3.63, 3.8) is 0 Å². The number of imidazole rings is 1. The molecular formula is C9H10ClN3O. The van der Waals surface area contributed by atoms with Gasteiger partial charge >= 0.3 is 0 Å². The molecule has 0 saturated carbocycles. The molecule has 0 saturated heterocycles. The van der Waals surface area contributed by atoms with Crippen molar-refractivity contribution in [1.29, 1.82) is 0 Å². The van der Waals surface area contributed by atoms with Gasteiger partial charge in [0.05, 0.1) is 11.9 Å². The zero-order valence-electron chi connectivity index (χ0n) is 7.90. The molecule has 0 unspecified atom stereocenters. The maximum absolute atomic E-state index is 9.72. The molecule has 0 spiro atoms. The lowest BCUT2D eigenvalue weighted by molar-refractivity contribution is 0.0739. The van der Waals surface area contributed by atoms with Crippen LogP contribution in [0.5, 0.6) is 0 Å². The quantitative estimate of drug-likeness (QED) is 0.780. The Morgan fingerprint density at radius 1 is 1.50 bits per heavy atom. The van der Waals surface area contributed by atoms with Gasteiger partial charge in [-0.2, -0.15) is 0 Å². The van der Waals surface area contributed by atoms with Crippen molar-refractivity contribution in [3.8, 4) is 0 Å². The van der Waals surface area contributed by atoms with Gasteiger partial charge in [-0.05, 0) is 19.9 Å². The van der Waals surface area contributed by atoms with Gasteiger partial charge in [0, 0.05) is 6.20 Å². The molecule has 74 valence electrons. The van der Waals surface area contributed by atoms with Crippen LogP contribution in [0.4, 0.5) is 0 Å². The molecule has 0 aliphatic heterocycles. The Morgan fingerprint density at radius 3 is 2.86 bits per heavy atom. The zero-order valence-corrected chi connectivity index (χ0v) is 8.65. The van der Waals surface area contributed by atoms with Gasteiger partial charge in [-0.1, -0.05) is 11.6 Å². The molecule has 0 fully saturated rings. The lowest BCUT2D eigenvalue weighted by Gasteiger charge is -2.15. The van der Waals surface area contributed by atoms with E-state index in [0.717, 1.165) is 0 Å². The molecule has 0 aliphatic rings. The number of hydrogen-bond donors (Lipinski definition) is 1. The summed E-state index contributed by atoms with van der Waals surface area (Å²) in [6, 6.07) is 1.72. The Balaban J connectivity index is 2.63. The van der Waals surface area contributed by atoms with Crippen LogP contribution in [0, 0.1) is 0 Å². The minimum absolute atomic E-state index is 0.495. The Morgan fingerprint density at radius 2 is 2.21 bits per heavy atom. The van der Waals surface area contributed by atoms with Crippen molar-refractivity contribution >= 4 is 17.4 Å². The number of aromatic nitrogens is 3. The van der Waals surface area contributed by atoms with Crippen LogP contribution in [-0.4, -0.2) is 19.5 Å². The maximum Gasteiger partial charge on any atom is 0.235 e. The molecule has 0 aliphatic carbocycles. The van der Waals surface area contributed by atoms with Crippen molar-refractivity contribution < 1.29 is 5.11 Å². The fraction of sp³-hybridized carbons (Fsp3) is 0.333. The third kappa shape index (κ3) is 1.47. The van der Waals surface area contributed by atoms with Crippen molar-refractivity contribution in [2.75, 3.05) is 0 Å². The predicted octanol–water partition coefficient (Wildman–Crippen LogP) is 1.61. The number of hydrogen-bond acceptors (Lipinski definition) is 3. The molecule has 2 aromatic heterocycles. The van der Waals surface area contributed by atoms with E-state index in [4.69, 9.17) is 11.6 Å². The van der Waals surface area contributed by atoms with Crippen LogP contribution in [0.15, 0.2) is 18.5 Å². The van der Waals surface area contributed by atoms with Gasteiger partial charge in [-0.15, -0.1) is 0 Å². The van der Waals surface area contributed by atoms with E-state index in [-0.39, 0.29) is 0 Å². The first-order valence-corrected chi connectivity index (χ1v) is 4.59. The summed E-state index contributed by atoms with van der Waals surface area (Å²) in [6.07, 6.45) is 3.27. The Bertz CT molecular complexity index is 472. The molecule has 2 heterocycles. The van der Waals surface area contributed by atoms with Crippen molar-refractivity contribution in [1.82, 2.24) is 14.4 Å². The smallest absolute Gasteiger partial charge is 0.235 e. The van der Waals surface area contributed by atoms with E-state index in [9.17, 15) is 5.11 Å². The highest BCUT2D eigenvalue weighted by molar-refractivity contribution is 6.29. The highest BCUT2D eigenvalue weighted by Gasteiger charge is 2.18. The number of rotatable bonds is 1. The first-order chi connectivity index (χ1) is 6.48. The average molecular weight is 212 g/mol. The molecule has 5 heteroatoms. The van der Waals surface area contributed by atoms with Crippen LogP contribution in [0.3, 0.4) is 0 Å². The molecule has 1 N–H and O–H groups in total. The van der Waals surface area contributed by atoms with Crippen LogP contribution in [0.25, 0.3) is 5.78 Å². The van der Waals surface area contributed by atoms with E-state index < -0.39 is 5.60 Å². The predicted molar refractivity (Wildman–Crippen MR) is 53.2 cm³/mol. The summed E-state index contributed by atoms with van der Waals surface area (Å²) in [6.45, 7) is 3.35. The Labute approximate surface area is 86.2 Å². The van der Waals surface area contributed by atoms with Gasteiger partial charge in [-0.25, -0.2) is 9.97 Å². The van der Waals surface area contributed by atoms with E-state index in [2.05, 4.69) is 9.97 Å². The lowest BCUT2D eigenvalue weighted by Crippen LogP contribution is -2.17. The highest BCUT2D eigenvalue weighted by atomic mass is 35.5. The van der Waals surface area contributed by atoms with E-state index in [1.165, 1.54) is 6.20 Å². The standard InChI is InChI=1S/C9H10ClN3O/c1-9(2,14)6-3-4-13-7(10)5-11-8(13)12-6/h3-5,14H,1-2H3. The second kappa shape index (κ2) is 2.93. The fourth-order valence-corrected chi connectivity index (χ4v) is 1.36. The maximum atomic E-state index is 9.72.